The highest BCUT2D eigenvalue weighted by Crippen LogP contribution is 2.10. The van der Waals surface area contributed by atoms with Crippen LogP contribution in [0.2, 0.25) is 0 Å². The molecule has 0 saturated heterocycles. The Morgan fingerprint density at radius 3 is 2.21 bits per heavy atom. The molecule has 0 bridgehead atoms. The fourth-order valence-corrected chi connectivity index (χ4v) is 2.22. The zero-order chi connectivity index (χ0) is 18.3. The van der Waals surface area contributed by atoms with E-state index in [0.29, 0.717) is 25.8 Å². The summed E-state index contributed by atoms with van der Waals surface area (Å²) in [5.74, 6) is -1.13. The molecule has 0 aliphatic carbocycles. The number of carbonyl (C=O) groups is 4. The molecule has 0 aromatic heterocycles. The normalized spacial score (nSPS) is 14.2. The summed E-state index contributed by atoms with van der Waals surface area (Å²) in [6, 6.07) is 0. The molecule has 0 radical (unpaired) electrons. The van der Waals surface area contributed by atoms with Gasteiger partial charge in [-0.2, -0.15) is 0 Å². The fourth-order valence-electron chi connectivity index (χ4n) is 2.22. The van der Waals surface area contributed by atoms with Gasteiger partial charge in [0.15, 0.2) is 0 Å². The number of ether oxygens (including phenoxy) is 1. The summed E-state index contributed by atoms with van der Waals surface area (Å²) in [5, 5.41) is 0. The van der Waals surface area contributed by atoms with Crippen molar-refractivity contribution in [3.8, 4) is 0 Å². The van der Waals surface area contributed by atoms with Gasteiger partial charge in [-0.05, 0) is 33.6 Å². The van der Waals surface area contributed by atoms with Gasteiger partial charge in [-0.25, -0.2) is 0 Å². The van der Waals surface area contributed by atoms with E-state index in [0.717, 1.165) is 6.42 Å². The van der Waals surface area contributed by atoms with Crippen LogP contribution in [0.1, 0.15) is 46.5 Å². The molecule has 0 spiro atoms. The maximum Gasteiger partial charge on any atom is 0.326 e. The second kappa shape index (κ2) is 8.61. The molecule has 1 heterocycles. The van der Waals surface area contributed by atoms with Crippen molar-refractivity contribution in [1.29, 1.82) is 0 Å². The van der Waals surface area contributed by atoms with E-state index in [2.05, 4.69) is 0 Å². The second-order valence-electron chi connectivity index (χ2n) is 6.81. The van der Waals surface area contributed by atoms with Crippen LogP contribution in [-0.4, -0.2) is 59.2 Å². The Labute approximate surface area is 142 Å². The van der Waals surface area contributed by atoms with Crippen molar-refractivity contribution in [2.75, 3.05) is 20.1 Å². The molecule has 0 aromatic carbocycles. The molecular weight excluding hydrogens is 312 g/mol. The number of esters is 1. The smallest absolute Gasteiger partial charge is 0.326 e. The molecule has 0 atom stereocenters. The Bertz CT molecular complexity index is 516. The third kappa shape index (κ3) is 6.93. The zero-order valence-corrected chi connectivity index (χ0v) is 14.8. The van der Waals surface area contributed by atoms with E-state index in [-0.39, 0.29) is 24.3 Å². The minimum absolute atomic E-state index is 0.0709. The van der Waals surface area contributed by atoms with Crippen molar-refractivity contribution in [3.05, 3.63) is 12.2 Å². The number of imide groups is 1. The number of carbonyl (C=O) groups excluding carboxylic acids is 4. The summed E-state index contributed by atoms with van der Waals surface area (Å²) in [7, 11) is 1.57. The number of hydrogen-bond donors (Lipinski definition) is 0. The molecule has 1 aliphatic heterocycles. The molecule has 7 nitrogen and oxygen atoms in total. The molecule has 0 saturated carbocycles. The quantitative estimate of drug-likeness (QED) is 0.378. The van der Waals surface area contributed by atoms with Crippen molar-refractivity contribution in [3.63, 3.8) is 0 Å². The summed E-state index contributed by atoms with van der Waals surface area (Å²) in [5.41, 5.74) is -0.569. The van der Waals surface area contributed by atoms with Gasteiger partial charge in [-0.15, -0.1) is 0 Å². The predicted octanol–water partition coefficient (Wildman–Crippen LogP) is 1.27. The standard InChI is InChI=1S/C17H26N2O5/c1-17(2,3)24-16(23)12-18(4)13(20)8-6-5-7-11-19-14(21)9-10-15(19)22/h9-10H,5-8,11-12H2,1-4H3. The molecule has 0 fully saturated rings. The topological polar surface area (TPSA) is 84.0 Å². The highest BCUT2D eigenvalue weighted by atomic mass is 16.6. The predicted molar refractivity (Wildman–Crippen MR) is 87.8 cm³/mol. The average Bonchev–Trinajstić information content (AvgIpc) is 2.75. The van der Waals surface area contributed by atoms with Crippen LogP contribution in [0.4, 0.5) is 0 Å². The monoisotopic (exact) mass is 338 g/mol. The van der Waals surface area contributed by atoms with Gasteiger partial charge in [0.25, 0.3) is 11.8 Å². The van der Waals surface area contributed by atoms with Crippen molar-refractivity contribution >= 4 is 23.7 Å². The average molecular weight is 338 g/mol. The Balaban J connectivity index is 2.18. The molecule has 0 aromatic rings. The molecule has 24 heavy (non-hydrogen) atoms. The number of hydrogen-bond acceptors (Lipinski definition) is 5. The van der Waals surface area contributed by atoms with Gasteiger partial charge in [0.1, 0.15) is 12.1 Å². The van der Waals surface area contributed by atoms with E-state index in [9.17, 15) is 19.2 Å². The molecule has 134 valence electrons. The molecule has 1 aliphatic rings. The fraction of sp³-hybridized carbons (Fsp3) is 0.647. The highest BCUT2D eigenvalue weighted by molar-refractivity contribution is 6.12. The Morgan fingerprint density at radius 1 is 1.08 bits per heavy atom. The lowest BCUT2D eigenvalue weighted by atomic mass is 10.1. The first-order chi connectivity index (χ1) is 11.1. The van der Waals surface area contributed by atoms with Crippen molar-refractivity contribution < 1.29 is 23.9 Å². The largest absolute Gasteiger partial charge is 0.459 e. The molecule has 0 N–H and O–H groups in total. The summed E-state index contributed by atoms with van der Waals surface area (Å²) in [4.78, 5) is 48.9. The highest BCUT2D eigenvalue weighted by Gasteiger charge is 2.22. The van der Waals surface area contributed by atoms with Crippen LogP contribution >= 0.6 is 0 Å². The van der Waals surface area contributed by atoms with Crippen LogP contribution in [0.3, 0.4) is 0 Å². The lowest BCUT2D eigenvalue weighted by Gasteiger charge is -2.22. The first kappa shape index (κ1) is 19.9. The van der Waals surface area contributed by atoms with E-state index in [1.54, 1.807) is 27.8 Å². The number of nitrogens with zero attached hydrogens (tertiary/aromatic N) is 2. The van der Waals surface area contributed by atoms with Crippen LogP contribution in [0.25, 0.3) is 0 Å². The number of rotatable bonds is 8. The van der Waals surface area contributed by atoms with Gasteiger partial charge in [0.05, 0.1) is 0 Å². The molecule has 1 rings (SSSR count). The summed E-state index contributed by atoms with van der Waals surface area (Å²) < 4.78 is 5.17. The Morgan fingerprint density at radius 2 is 1.67 bits per heavy atom. The van der Waals surface area contributed by atoms with Gasteiger partial charge in [0.2, 0.25) is 5.91 Å². The third-order valence-electron chi connectivity index (χ3n) is 3.38. The first-order valence-corrected chi connectivity index (χ1v) is 8.09. The second-order valence-corrected chi connectivity index (χ2v) is 6.81. The Hall–Kier alpha value is -2.18. The Kier molecular flexibility index (Phi) is 7.13. The number of unbranched alkanes of at least 4 members (excludes halogenated alkanes) is 2. The van der Waals surface area contributed by atoms with Gasteiger partial charge in [-0.3, -0.25) is 24.1 Å². The van der Waals surface area contributed by atoms with E-state index in [1.165, 1.54) is 22.0 Å². The molecule has 3 amide bonds. The molecule has 7 heteroatoms. The molecule has 0 unspecified atom stereocenters. The third-order valence-corrected chi connectivity index (χ3v) is 3.38. The number of likely N-dealkylation sites (N-methyl/N-ethyl adjacent to an activating group) is 1. The maximum atomic E-state index is 12.0. The SMILES string of the molecule is CN(CC(=O)OC(C)(C)C)C(=O)CCCCCN1C(=O)C=CC1=O. The maximum absolute atomic E-state index is 12.0. The van der Waals surface area contributed by atoms with Gasteiger partial charge >= 0.3 is 5.97 Å². The van der Waals surface area contributed by atoms with E-state index >= 15 is 0 Å². The minimum Gasteiger partial charge on any atom is -0.459 e. The number of amides is 3. The lowest BCUT2D eigenvalue weighted by Crippen LogP contribution is -2.36. The minimum atomic E-state index is -0.569. The van der Waals surface area contributed by atoms with Crippen LogP contribution < -0.4 is 0 Å². The van der Waals surface area contributed by atoms with E-state index in [1.807, 2.05) is 0 Å². The van der Waals surface area contributed by atoms with Gasteiger partial charge in [0, 0.05) is 32.2 Å². The van der Waals surface area contributed by atoms with E-state index in [4.69, 9.17) is 4.74 Å². The first-order valence-electron chi connectivity index (χ1n) is 8.09. The molecular formula is C17H26N2O5. The zero-order valence-electron chi connectivity index (χ0n) is 14.8. The van der Waals surface area contributed by atoms with Crippen molar-refractivity contribution in [2.45, 2.75) is 52.1 Å². The van der Waals surface area contributed by atoms with Gasteiger partial charge in [-0.1, -0.05) is 6.42 Å². The summed E-state index contributed by atoms with van der Waals surface area (Å²) in [6.45, 7) is 5.62. The summed E-state index contributed by atoms with van der Waals surface area (Å²) in [6.07, 6.45) is 4.86. The van der Waals surface area contributed by atoms with E-state index < -0.39 is 11.6 Å². The van der Waals surface area contributed by atoms with Crippen LogP contribution in [0.15, 0.2) is 12.2 Å². The van der Waals surface area contributed by atoms with Gasteiger partial charge < -0.3 is 9.64 Å². The lowest BCUT2D eigenvalue weighted by molar-refractivity contribution is -0.158. The van der Waals surface area contributed by atoms with Crippen molar-refractivity contribution in [1.82, 2.24) is 9.80 Å². The van der Waals surface area contributed by atoms with Crippen LogP contribution in [0, 0.1) is 0 Å². The van der Waals surface area contributed by atoms with Crippen molar-refractivity contribution in [2.24, 2.45) is 0 Å². The van der Waals surface area contributed by atoms with Crippen LogP contribution in [0.5, 0.6) is 0 Å². The van der Waals surface area contributed by atoms with Crippen LogP contribution in [-0.2, 0) is 23.9 Å². The summed E-state index contributed by atoms with van der Waals surface area (Å²) >= 11 is 0.